The molecule has 1 N–H and O–H groups in total. The Kier molecular flexibility index (Phi) is 5.31. The Bertz CT molecular complexity index is 795. The summed E-state index contributed by atoms with van der Waals surface area (Å²) in [6.45, 7) is 2.73. The number of methoxy groups -OCH3 is 1. The van der Waals surface area contributed by atoms with Crippen molar-refractivity contribution in [1.29, 1.82) is 0 Å². The van der Waals surface area contributed by atoms with Crippen LogP contribution in [0.15, 0.2) is 12.1 Å². The van der Waals surface area contributed by atoms with E-state index in [0.717, 1.165) is 0 Å². The van der Waals surface area contributed by atoms with Crippen LogP contribution in [0.2, 0.25) is 0 Å². The molecule has 5 nitrogen and oxygen atoms in total. The third-order valence-corrected chi connectivity index (χ3v) is 4.18. The maximum Gasteiger partial charge on any atom is 0.420 e. The summed E-state index contributed by atoms with van der Waals surface area (Å²) >= 11 is 0. The van der Waals surface area contributed by atoms with Crippen LogP contribution in [0.4, 0.5) is 13.2 Å². The van der Waals surface area contributed by atoms with Crippen molar-refractivity contribution in [1.82, 2.24) is 9.47 Å². The molecule has 1 aromatic carbocycles. The van der Waals surface area contributed by atoms with E-state index in [4.69, 9.17) is 9.84 Å². The van der Waals surface area contributed by atoms with Crippen LogP contribution < -0.4 is 4.74 Å². The van der Waals surface area contributed by atoms with Crippen molar-refractivity contribution in [2.24, 2.45) is 0 Å². The first-order chi connectivity index (χ1) is 11.6. The molecule has 2 rings (SSSR count). The molecule has 0 unspecified atom stereocenters. The lowest BCUT2D eigenvalue weighted by Gasteiger charge is -2.15. The number of hydrogen-bond donors (Lipinski definition) is 1. The number of likely N-dealkylation sites (N-methyl/N-ethyl adjacent to an activating group) is 1. The van der Waals surface area contributed by atoms with Gasteiger partial charge in [-0.3, -0.25) is 4.79 Å². The first-order valence-electron chi connectivity index (χ1n) is 7.70. The molecule has 1 aromatic heterocycles. The normalized spacial score (nSPS) is 12.2. The van der Waals surface area contributed by atoms with Crippen LogP contribution in [-0.2, 0) is 23.9 Å². The number of carboxylic acids is 1. The van der Waals surface area contributed by atoms with E-state index in [0.29, 0.717) is 24.3 Å². The number of aliphatic carboxylic acids is 1. The van der Waals surface area contributed by atoms with Gasteiger partial charge in [-0.15, -0.1) is 0 Å². The molecule has 0 saturated heterocycles. The molecule has 0 radical (unpaired) electrons. The Balaban J connectivity index is 2.85. The number of nitrogens with zero attached hydrogens (tertiary/aromatic N) is 2. The van der Waals surface area contributed by atoms with Crippen molar-refractivity contribution >= 4 is 16.9 Å². The maximum atomic E-state index is 13.7. The molecule has 2 aromatic rings. The Morgan fingerprint density at radius 1 is 1.32 bits per heavy atom. The number of alkyl halides is 3. The van der Waals surface area contributed by atoms with Crippen molar-refractivity contribution in [3.8, 4) is 5.75 Å². The van der Waals surface area contributed by atoms with E-state index in [1.165, 1.54) is 13.2 Å². The smallest absolute Gasteiger partial charge is 0.420 e. The molecule has 0 aliphatic carbocycles. The summed E-state index contributed by atoms with van der Waals surface area (Å²) in [7, 11) is 4.90. The predicted octanol–water partition coefficient (Wildman–Crippen LogP) is 3.17. The second-order valence-corrected chi connectivity index (χ2v) is 6.12. The molecular weight excluding hydrogens is 337 g/mol. The zero-order valence-corrected chi connectivity index (χ0v) is 14.6. The lowest BCUT2D eigenvalue weighted by atomic mass is 10.0. The van der Waals surface area contributed by atoms with Crippen LogP contribution in [0.1, 0.15) is 16.8 Å². The molecular formula is C17H21F3N2O3. The fourth-order valence-electron chi connectivity index (χ4n) is 3.03. The minimum Gasteiger partial charge on any atom is -0.496 e. The Morgan fingerprint density at radius 3 is 2.44 bits per heavy atom. The predicted molar refractivity (Wildman–Crippen MR) is 88.1 cm³/mol. The second-order valence-electron chi connectivity index (χ2n) is 6.12. The van der Waals surface area contributed by atoms with E-state index in [2.05, 4.69) is 0 Å². The highest BCUT2D eigenvalue weighted by Gasteiger charge is 2.38. The van der Waals surface area contributed by atoms with Crippen LogP contribution >= 0.6 is 0 Å². The number of ether oxygens (including phenoxy) is 1. The van der Waals surface area contributed by atoms with Gasteiger partial charge >= 0.3 is 12.1 Å². The maximum absolute atomic E-state index is 13.7. The highest BCUT2D eigenvalue weighted by atomic mass is 19.4. The van der Waals surface area contributed by atoms with Crippen molar-refractivity contribution in [2.75, 3.05) is 27.7 Å². The lowest BCUT2D eigenvalue weighted by Crippen LogP contribution is -2.19. The number of benzene rings is 1. The highest BCUT2D eigenvalue weighted by Crippen LogP contribution is 2.44. The minimum atomic E-state index is -4.65. The molecule has 0 amide bonds. The average Bonchev–Trinajstić information content (AvgIpc) is 2.75. The van der Waals surface area contributed by atoms with Crippen LogP contribution in [0, 0.1) is 6.92 Å². The van der Waals surface area contributed by atoms with Crippen molar-refractivity contribution in [3.05, 3.63) is 29.0 Å². The molecule has 8 heteroatoms. The fraction of sp³-hybridized carbons (Fsp3) is 0.471. The molecule has 0 fully saturated rings. The molecule has 0 aliphatic heterocycles. The first kappa shape index (κ1) is 19.1. The Hall–Kier alpha value is -2.22. The SMILES string of the molecule is COc1ccc2c(c(CC(=O)O)c(C)n2CCN(C)C)c1C(F)(F)F. The van der Waals surface area contributed by atoms with Gasteiger partial charge in [-0.25, -0.2) is 0 Å². The van der Waals surface area contributed by atoms with Crippen LogP contribution in [-0.4, -0.2) is 48.3 Å². The zero-order chi connectivity index (χ0) is 18.9. The van der Waals surface area contributed by atoms with Gasteiger partial charge in [-0.2, -0.15) is 13.2 Å². The van der Waals surface area contributed by atoms with Gasteiger partial charge in [0, 0.05) is 29.7 Å². The largest absolute Gasteiger partial charge is 0.496 e. The van der Waals surface area contributed by atoms with Crippen LogP contribution in [0.25, 0.3) is 10.9 Å². The molecule has 1 heterocycles. The Labute approximate surface area is 143 Å². The molecule has 25 heavy (non-hydrogen) atoms. The number of rotatable bonds is 6. The standard InChI is InChI=1S/C17H21F3N2O3/c1-10-11(9-14(23)24)15-12(22(10)8-7-21(2)3)5-6-13(25-4)16(15)17(18,19)20/h5-6H,7-9H2,1-4H3,(H,23,24). The van der Waals surface area contributed by atoms with Gasteiger partial charge in [-0.1, -0.05) is 0 Å². The van der Waals surface area contributed by atoms with Gasteiger partial charge in [0.1, 0.15) is 11.3 Å². The molecule has 0 saturated carbocycles. The summed E-state index contributed by atoms with van der Waals surface area (Å²) in [6.07, 6.45) is -5.13. The average molecular weight is 358 g/mol. The van der Waals surface area contributed by atoms with Crippen LogP contribution in [0.3, 0.4) is 0 Å². The van der Waals surface area contributed by atoms with E-state index in [1.54, 1.807) is 17.6 Å². The lowest BCUT2D eigenvalue weighted by molar-refractivity contribution is -0.138. The quantitative estimate of drug-likeness (QED) is 0.862. The Morgan fingerprint density at radius 2 is 1.96 bits per heavy atom. The number of halogens is 3. The van der Waals surface area contributed by atoms with Crippen molar-refractivity contribution < 1.29 is 27.8 Å². The summed E-state index contributed by atoms with van der Waals surface area (Å²) in [5.74, 6) is -1.48. The van der Waals surface area contributed by atoms with Crippen LogP contribution in [0.5, 0.6) is 5.75 Å². The van der Waals surface area contributed by atoms with Gasteiger partial charge in [0.2, 0.25) is 0 Å². The topological polar surface area (TPSA) is 54.7 Å². The van der Waals surface area contributed by atoms with E-state index in [-0.39, 0.29) is 16.7 Å². The van der Waals surface area contributed by atoms with Crippen molar-refractivity contribution in [2.45, 2.75) is 26.1 Å². The molecule has 138 valence electrons. The summed E-state index contributed by atoms with van der Waals surface area (Å²) in [5, 5.41) is 9.08. The molecule has 0 atom stereocenters. The first-order valence-corrected chi connectivity index (χ1v) is 7.70. The number of hydrogen-bond acceptors (Lipinski definition) is 3. The summed E-state index contributed by atoms with van der Waals surface area (Å²) < 4.78 is 47.7. The van der Waals surface area contributed by atoms with Gasteiger partial charge in [0.25, 0.3) is 0 Å². The van der Waals surface area contributed by atoms with E-state index in [9.17, 15) is 18.0 Å². The van der Waals surface area contributed by atoms with E-state index < -0.39 is 24.1 Å². The second kappa shape index (κ2) is 6.95. The third kappa shape index (κ3) is 3.73. The van der Waals surface area contributed by atoms with E-state index in [1.807, 2.05) is 19.0 Å². The molecule has 0 bridgehead atoms. The summed E-state index contributed by atoms with van der Waals surface area (Å²) in [4.78, 5) is 13.1. The molecule has 0 aliphatic rings. The van der Waals surface area contributed by atoms with Gasteiger partial charge < -0.3 is 19.3 Å². The third-order valence-electron chi connectivity index (χ3n) is 4.18. The number of aromatic nitrogens is 1. The number of carbonyl (C=O) groups is 1. The highest BCUT2D eigenvalue weighted by molar-refractivity contribution is 5.93. The minimum absolute atomic E-state index is 0.0921. The summed E-state index contributed by atoms with van der Waals surface area (Å²) in [5.41, 5.74) is 0.143. The van der Waals surface area contributed by atoms with Gasteiger partial charge in [0.05, 0.1) is 13.5 Å². The zero-order valence-electron chi connectivity index (χ0n) is 14.6. The molecule has 0 spiro atoms. The van der Waals surface area contributed by atoms with Gasteiger partial charge in [-0.05, 0) is 38.7 Å². The van der Waals surface area contributed by atoms with Gasteiger partial charge in [0.15, 0.2) is 0 Å². The monoisotopic (exact) mass is 358 g/mol. The number of carboxylic acid groups (broad SMARTS) is 1. The van der Waals surface area contributed by atoms with Crippen molar-refractivity contribution in [3.63, 3.8) is 0 Å². The number of fused-ring (bicyclic) bond motifs is 1. The summed E-state index contributed by atoms with van der Waals surface area (Å²) in [6, 6.07) is 2.83. The van der Waals surface area contributed by atoms with E-state index >= 15 is 0 Å². The fourth-order valence-corrected chi connectivity index (χ4v) is 3.03.